The van der Waals surface area contributed by atoms with Crippen LogP contribution in [0.25, 0.3) is 0 Å². The highest BCUT2D eigenvalue weighted by Crippen LogP contribution is 2.28. The van der Waals surface area contributed by atoms with Gasteiger partial charge < -0.3 is 10.6 Å². The van der Waals surface area contributed by atoms with E-state index in [1.165, 1.54) is 11.1 Å². The van der Waals surface area contributed by atoms with Crippen molar-refractivity contribution in [3.8, 4) is 0 Å². The first-order chi connectivity index (χ1) is 7.36. The number of aromatic nitrogens is 2. The average Bonchev–Trinajstić information content (AvgIpc) is 2.16. The van der Waals surface area contributed by atoms with Gasteiger partial charge in [-0.2, -0.15) is 13.2 Å². The summed E-state index contributed by atoms with van der Waals surface area (Å²) >= 11 is 0. The number of halogens is 3. The van der Waals surface area contributed by atoms with Crippen LogP contribution in [0.3, 0.4) is 0 Å². The van der Waals surface area contributed by atoms with Gasteiger partial charge in [0.25, 0.3) is 0 Å². The fraction of sp³-hybridized carbons (Fsp3) is 0.556. The molecule has 7 heteroatoms. The molecule has 1 heterocycles. The van der Waals surface area contributed by atoms with E-state index in [0.29, 0.717) is 18.5 Å². The molecule has 0 saturated carbocycles. The standard InChI is InChI=1S/C9H13F3N4/c1-16(2)7-6(3-4-13)5-14-8(15-7)9(10,11)12/h5H,3-4,13H2,1-2H3. The highest BCUT2D eigenvalue weighted by atomic mass is 19.4. The van der Waals surface area contributed by atoms with Gasteiger partial charge in [0, 0.05) is 25.9 Å². The van der Waals surface area contributed by atoms with Crippen LogP contribution < -0.4 is 10.6 Å². The molecular formula is C9H13F3N4. The van der Waals surface area contributed by atoms with Gasteiger partial charge in [0.2, 0.25) is 5.82 Å². The zero-order chi connectivity index (χ0) is 12.3. The van der Waals surface area contributed by atoms with E-state index >= 15 is 0 Å². The van der Waals surface area contributed by atoms with Gasteiger partial charge in [-0.25, -0.2) is 9.97 Å². The third-order valence-corrected chi connectivity index (χ3v) is 1.93. The minimum absolute atomic E-state index is 0.257. The van der Waals surface area contributed by atoms with Gasteiger partial charge in [-0.1, -0.05) is 0 Å². The number of anilines is 1. The third kappa shape index (κ3) is 2.82. The summed E-state index contributed by atoms with van der Waals surface area (Å²) in [7, 11) is 3.25. The molecule has 0 radical (unpaired) electrons. The molecule has 1 rings (SSSR count). The number of nitrogens with zero attached hydrogens (tertiary/aromatic N) is 3. The van der Waals surface area contributed by atoms with Crippen molar-refractivity contribution in [3.63, 3.8) is 0 Å². The van der Waals surface area contributed by atoms with Crippen LogP contribution in [0.1, 0.15) is 11.4 Å². The quantitative estimate of drug-likeness (QED) is 0.849. The van der Waals surface area contributed by atoms with E-state index in [1.54, 1.807) is 14.1 Å². The van der Waals surface area contributed by atoms with E-state index < -0.39 is 12.0 Å². The van der Waals surface area contributed by atoms with Gasteiger partial charge >= 0.3 is 6.18 Å². The Labute approximate surface area is 91.3 Å². The van der Waals surface area contributed by atoms with Crippen LogP contribution in [-0.4, -0.2) is 30.6 Å². The SMILES string of the molecule is CN(C)c1nc(C(F)(F)F)ncc1CCN. The molecule has 0 aromatic carbocycles. The summed E-state index contributed by atoms with van der Waals surface area (Å²) in [6.07, 6.45) is -2.89. The fourth-order valence-corrected chi connectivity index (χ4v) is 1.25. The summed E-state index contributed by atoms with van der Waals surface area (Å²) in [5.41, 5.74) is 5.97. The topological polar surface area (TPSA) is 55.0 Å². The Balaban J connectivity index is 3.17. The van der Waals surface area contributed by atoms with Gasteiger partial charge in [0.15, 0.2) is 0 Å². The van der Waals surface area contributed by atoms with Crippen LogP contribution in [0, 0.1) is 0 Å². The Bertz CT molecular complexity index is 362. The Kier molecular flexibility index (Phi) is 3.69. The van der Waals surface area contributed by atoms with Gasteiger partial charge in [0.05, 0.1) is 0 Å². The van der Waals surface area contributed by atoms with Crippen LogP contribution in [0.15, 0.2) is 6.20 Å². The molecule has 1 aromatic rings. The molecule has 4 nitrogen and oxygen atoms in total. The van der Waals surface area contributed by atoms with Crippen LogP contribution in [0.5, 0.6) is 0 Å². The van der Waals surface area contributed by atoms with Crippen molar-refractivity contribution < 1.29 is 13.2 Å². The maximum Gasteiger partial charge on any atom is 0.451 e. The van der Waals surface area contributed by atoms with Crippen molar-refractivity contribution in [3.05, 3.63) is 17.6 Å². The summed E-state index contributed by atoms with van der Waals surface area (Å²) in [5.74, 6) is -0.871. The maximum absolute atomic E-state index is 12.4. The van der Waals surface area contributed by atoms with Crippen molar-refractivity contribution in [2.45, 2.75) is 12.6 Å². The first kappa shape index (κ1) is 12.7. The summed E-state index contributed by atoms with van der Waals surface area (Å²) in [6.45, 7) is 0.343. The number of alkyl halides is 3. The zero-order valence-corrected chi connectivity index (χ0v) is 9.04. The predicted molar refractivity (Wildman–Crippen MR) is 54.1 cm³/mol. The lowest BCUT2D eigenvalue weighted by molar-refractivity contribution is -0.144. The molecule has 1 aromatic heterocycles. The van der Waals surface area contributed by atoms with E-state index in [0.717, 1.165) is 0 Å². The fourth-order valence-electron chi connectivity index (χ4n) is 1.25. The van der Waals surface area contributed by atoms with Crippen molar-refractivity contribution in [2.24, 2.45) is 5.73 Å². The number of nitrogens with two attached hydrogens (primary N) is 1. The summed E-state index contributed by atoms with van der Waals surface area (Å²) in [6, 6.07) is 0. The second-order valence-corrected chi connectivity index (χ2v) is 3.47. The molecule has 0 spiro atoms. The van der Waals surface area contributed by atoms with E-state index in [-0.39, 0.29) is 5.82 Å². The van der Waals surface area contributed by atoms with E-state index in [1.807, 2.05) is 0 Å². The van der Waals surface area contributed by atoms with Crippen molar-refractivity contribution in [2.75, 3.05) is 25.5 Å². The van der Waals surface area contributed by atoms with Crippen molar-refractivity contribution >= 4 is 5.82 Å². The first-order valence-corrected chi connectivity index (χ1v) is 4.66. The van der Waals surface area contributed by atoms with Gasteiger partial charge in [-0.3, -0.25) is 0 Å². The molecule has 0 unspecified atom stereocenters. The maximum atomic E-state index is 12.4. The molecule has 0 bridgehead atoms. The predicted octanol–water partition coefficient (Wildman–Crippen LogP) is 1.06. The van der Waals surface area contributed by atoms with Gasteiger partial charge in [-0.15, -0.1) is 0 Å². The first-order valence-electron chi connectivity index (χ1n) is 4.66. The molecule has 0 saturated heterocycles. The molecule has 0 fully saturated rings. The Morgan fingerprint density at radius 1 is 1.38 bits per heavy atom. The largest absolute Gasteiger partial charge is 0.451 e. The minimum atomic E-state index is -4.52. The molecule has 90 valence electrons. The minimum Gasteiger partial charge on any atom is -0.362 e. The highest BCUT2D eigenvalue weighted by Gasteiger charge is 2.35. The highest BCUT2D eigenvalue weighted by molar-refractivity contribution is 5.44. The van der Waals surface area contributed by atoms with Crippen molar-refractivity contribution in [1.82, 2.24) is 9.97 Å². The molecule has 0 aliphatic carbocycles. The molecular weight excluding hydrogens is 221 g/mol. The molecule has 2 N–H and O–H groups in total. The lowest BCUT2D eigenvalue weighted by Gasteiger charge is -2.17. The number of hydrogen-bond donors (Lipinski definition) is 1. The van der Waals surface area contributed by atoms with E-state index in [9.17, 15) is 13.2 Å². The van der Waals surface area contributed by atoms with Crippen LogP contribution in [0.4, 0.5) is 19.0 Å². The average molecular weight is 234 g/mol. The summed E-state index contributed by atoms with van der Waals surface area (Å²) in [5, 5.41) is 0. The summed E-state index contributed by atoms with van der Waals surface area (Å²) < 4.78 is 37.1. The molecule has 0 aliphatic rings. The second-order valence-electron chi connectivity index (χ2n) is 3.47. The zero-order valence-electron chi connectivity index (χ0n) is 9.04. The van der Waals surface area contributed by atoms with Crippen LogP contribution >= 0.6 is 0 Å². The number of hydrogen-bond acceptors (Lipinski definition) is 4. The Morgan fingerprint density at radius 3 is 2.44 bits per heavy atom. The van der Waals surface area contributed by atoms with Gasteiger partial charge in [-0.05, 0) is 13.0 Å². The molecule has 0 atom stereocenters. The molecule has 16 heavy (non-hydrogen) atoms. The lowest BCUT2D eigenvalue weighted by Crippen LogP contribution is -2.20. The lowest BCUT2D eigenvalue weighted by atomic mass is 10.2. The Morgan fingerprint density at radius 2 is 2.00 bits per heavy atom. The van der Waals surface area contributed by atoms with Crippen LogP contribution in [0.2, 0.25) is 0 Å². The normalized spacial score (nSPS) is 11.6. The second kappa shape index (κ2) is 4.65. The van der Waals surface area contributed by atoms with Crippen molar-refractivity contribution in [1.29, 1.82) is 0 Å². The smallest absolute Gasteiger partial charge is 0.362 e. The Hall–Kier alpha value is -1.37. The monoisotopic (exact) mass is 234 g/mol. The summed E-state index contributed by atoms with van der Waals surface area (Å²) in [4.78, 5) is 8.31. The number of rotatable bonds is 3. The molecule has 0 aliphatic heterocycles. The molecule has 0 amide bonds. The van der Waals surface area contributed by atoms with E-state index in [4.69, 9.17) is 5.73 Å². The van der Waals surface area contributed by atoms with Gasteiger partial charge in [0.1, 0.15) is 5.82 Å². The van der Waals surface area contributed by atoms with E-state index in [2.05, 4.69) is 9.97 Å². The van der Waals surface area contributed by atoms with Crippen LogP contribution in [-0.2, 0) is 12.6 Å². The third-order valence-electron chi connectivity index (χ3n) is 1.93.